The fraction of sp³-hybridized carbons (Fsp3) is 0.632. The summed E-state index contributed by atoms with van der Waals surface area (Å²) < 4.78 is 0. The molecule has 1 aliphatic rings. The first-order valence-electron chi connectivity index (χ1n) is 8.64. The Labute approximate surface area is 139 Å². The number of aliphatic hydroxyl groups excluding tert-OH is 1. The Morgan fingerprint density at radius 2 is 2.09 bits per heavy atom. The Balaban J connectivity index is 2.11. The molecule has 1 atom stereocenters. The molecule has 128 valence electrons. The van der Waals surface area contributed by atoms with Gasteiger partial charge in [0.2, 0.25) is 0 Å². The van der Waals surface area contributed by atoms with Crippen LogP contribution in [-0.2, 0) is 6.42 Å². The van der Waals surface area contributed by atoms with E-state index in [4.69, 9.17) is 0 Å². The van der Waals surface area contributed by atoms with Crippen LogP contribution in [0.1, 0.15) is 61.9 Å². The van der Waals surface area contributed by atoms with Crippen molar-refractivity contribution >= 4 is 5.91 Å². The zero-order chi connectivity index (χ0) is 16.9. The van der Waals surface area contributed by atoms with Crippen LogP contribution in [-0.4, -0.2) is 45.8 Å². The van der Waals surface area contributed by atoms with E-state index in [0.717, 1.165) is 44.2 Å². The van der Waals surface area contributed by atoms with Gasteiger partial charge in [-0.3, -0.25) is 4.79 Å². The number of carbonyl (C=O) groups excluding carboxylic acids is 1. The van der Waals surface area contributed by atoms with Crippen LogP contribution in [0.2, 0.25) is 0 Å². The van der Waals surface area contributed by atoms with Crippen molar-refractivity contribution in [3.63, 3.8) is 0 Å². The smallest absolute Gasteiger partial charge is 0.254 e. The standard InChI is InChI=1S/C19H29NO3/c1-19(2,23)11-10-15-7-6-8-16(13-15)18(22)20-12-5-3-4-9-17(20)14-21/h6-8,13,17,21,23H,3-5,9-12,14H2,1-2H3/t17-/m1/s1. The van der Waals surface area contributed by atoms with Crippen LogP contribution in [0.4, 0.5) is 0 Å². The van der Waals surface area contributed by atoms with Crippen molar-refractivity contribution in [2.24, 2.45) is 0 Å². The number of hydrogen-bond acceptors (Lipinski definition) is 3. The molecular formula is C19H29NO3. The molecule has 2 rings (SSSR count). The second kappa shape index (κ2) is 7.93. The Morgan fingerprint density at radius 1 is 1.30 bits per heavy atom. The normalized spacial score (nSPS) is 19.5. The van der Waals surface area contributed by atoms with E-state index in [1.807, 2.05) is 29.2 Å². The molecule has 0 aliphatic carbocycles. The summed E-state index contributed by atoms with van der Waals surface area (Å²) >= 11 is 0. The van der Waals surface area contributed by atoms with E-state index in [0.29, 0.717) is 12.0 Å². The minimum atomic E-state index is -0.702. The minimum Gasteiger partial charge on any atom is -0.394 e. The highest BCUT2D eigenvalue weighted by molar-refractivity contribution is 5.94. The van der Waals surface area contributed by atoms with Gasteiger partial charge in [0, 0.05) is 12.1 Å². The molecular weight excluding hydrogens is 290 g/mol. The van der Waals surface area contributed by atoms with Crippen LogP contribution in [0.3, 0.4) is 0 Å². The van der Waals surface area contributed by atoms with Crippen molar-refractivity contribution in [2.45, 2.75) is 64.0 Å². The van der Waals surface area contributed by atoms with Gasteiger partial charge in [0.05, 0.1) is 18.2 Å². The lowest BCUT2D eigenvalue weighted by Crippen LogP contribution is -2.42. The van der Waals surface area contributed by atoms with Crippen LogP contribution >= 0.6 is 0 Å². The summed E-state index contributed by atoms with van der Waals surface area (Å²) in [5.74, 6) is 0.0102. The zero-order valence-electron chi connectivity index (χ0n) is 14.3. The van der Waals surface area contributed by atoms with Crippen molar-refractivity contribution in [3.05, 3.63) is 35.4 Å². The Kier molecular flexibility index (Phi) is 6.19. The Bertz CT molecular complexity index is 522. The maximum absolute atomic E-state index is 12.8. The first-order valence-corrected chi connectivity index (χ1v) is 8.64. The molecule has 0 aromatic heterocycles. The lowest BCUT2D eigenvalue weighted by atomic mass is 9.97. The third kappa shape index (κ3) is 5.33. The highest BCUT2D eigenvalue weighted by Gasteiger charge is 2.25. The molecule has 1 aromatic carbocycles. The molecule has 0 bridgehead atoms. The summed E-state index contributed by atoms with van der Waals surface area (Å²) in [5, 5.41) is 19.4. The van der Waals surface area contributed by atoms with Crippen LogP contribution in [0.25, 0.3) is 0 Å². The van der Waals surface area contributed by atoms with Gasteiger partial charge in [-0.25, -0.2) is 0 Å². The molecule has 1 aromatic rings. The number of carbonyl (C=O) groups is 1. The van der Waals surface area contributed by atoms with Crippen molar-refractivity contribution in [3.8, 4) is 0 Å². The van der Waals surface area contributed by atoms with E-state index in [2.05, 4.69) is 0 Å². The average Bonchev–Trinajstić information content (AvgIpc) is 2.77. The zero-order valence-corrected chi connectivity index (χ0v) is 14.3. The largest absolute Gasteiger partial charge is 0.394 e. The van der Waals surface area contributed by atoms with Gasteiger partial charge in [0.15, 0.2) is 0 Å². The first kappa shape index (κ1) is 18.0. The van der Waals surface area contributed by atoms with E-state index in [-0.39, 0.29) is 18.6 Å². The van der Waals surface area contributed by atoms with E-state index in [9.17, 15) is 15.0 Å². The molecule has 0 saturated carbocycles. The molecule has 1 aliphatic heterocycles. The summed E-state index contributed by atoms with van der Waals surface area (Å²) in [6.45, 7) is 4.35. The van der Waals surface area contributed by atoms with Crippen molar-refractivity contribution in [1.82, 2.24) is 4.90 Å². The van der Waals surface area contributed by atoms with E-state index in [1.54, 1.807) is 13.8 Å². The number of aryl methyl sites for hydroxylation is 1. The Morgan fingerprint density at radius 3 is 2.78 bits per heavy atom. The van der Waals surface area contributed by atoms with Gasteiger partial charge in [-0.1, -0.05) is 25.0 Å². The second-order valence-electron chi connectivity index (χ2n) is 7.20. The predicted octanol–water partition coefficient (Wildman–Crippen LogP) is 2.77. The van der Waals surface area contributed by atoms with E-state index >= 15 is 0 Å². The molecule has 0 spiro atoms. The number of rotatable bonds is 5. The van der Waals surface area contributed by atoms with Crippen LogP contribution in [0.5, 0.6) is 0 Å². The number of benzene rings is 1. The highest BCUT2D eigenvalue weighted by atomic mass is 16.3. The minimum absolute atomic E-state index is 0.0102. The molecule has 0 unspecified atom stereocenters. The monoisotopic (exact) mass is 319 g/mol. The SMILES string of the molecule is CC(C)(O)CCc1cccc(C(=O)N2CCCCC[C@@H]2CO)c1. The predicted molar refractivity (Wildman–Crippen MR) is 91.4 cm³/mol. The summed E-state index contributed by atoms with van der Waals surface area (Å²) in [6.07, 6.45) is 5.47. The molecule has 1 saturated heterocycles. The van der Waals surface area contributed by atoms with Gasteiger partial charge in [-0.2, -0.15) is 0 Å². The van der Waals surface area contributed by atoms with Gasteiger partial charge in [0.1, 0.15) is 0 Å². The number of amides is 1. The van der Waals surface area contributed by atoms with Crippen molar-refractivity contribution in [1.29, 1.82) is 0 Å². The molecule has 1 heterocycles. The topological polar surface area (TPSA) is 60.8 Å². The van der Waals surface area contributed by atoms with Gasteiger partial charge < -0.3 is 15.1 Å². The van der Waals surface area contributed by atoms with Crippen molar-refractivity contribution < 1.29 is 15.0 Å². The maximum atomic E-state index is 12.8. The van der Waals surface area contributed by atoms with Crippen LogP contribution < -0.4 is 0 Å². The second-order valence-corrected chi connectivity index (χ2v) is 7.20. The first-order chi connectivity index (χ1) is 10.9. The van der Waals surface area contributed by atoms with E-state index in [1.165, 1.54) is 0 Å². The lowest BCUT2D eigenvalue weighted by Gasteiger charge is -2.29. The van der Waals surface area contributed by atoms with Gasteiger partial charge in [-0.15, -0.1) is 0 Å². The van der Waals surface area contributed by atoms with Crippen LogP contribution in [0, 0.1) is 0 Å². The molecule has 1 fully saturated rings. The van der Waals surface area contributed by atoms with E-state index < -0.39 is 5.60 Å². The molecule has 4 nitrogen and oxygen atoms in total. The van der Waals surface area contributed by atoms with Crippen molar-refractivity contribution in [2.75, 3.05) is 13.2 Å². The van der Waals surface area contributed by atoms with Gasteiger partial charge >= 0.3 is 0 Å². The molecule has 23 heavy (non-hydrogen) atoms. The molecule has 2 N–H and O–H groups in total. The fourth-order valence-corrected chi connectivity index (χ4v) is 3.11. The van der Waals surface area contributed by atoms with Gasteiger partial charge in [-0.05, 0) is 57.2 Å². The third-order valence-corrected chi connectivity index (χ3v) is 4.55. The van der Waals surface area contributed by atoms with Gasteiger partial charge in [0.25, 0.3) is 5.91 Å². The summed E-state index contributed by atoms with van der Waals surface area (Å²) in [4.78, 5) is 14.7. The Hall–Kier alpha value is -1.39. The van der Waals surface area contributed by atoms with Crippen LogP contribution in [0.15, 0.2) is 24.3 Å². The number of aliphatic hydroxyl groups is 2. The fourth-order valence-electron chi connectivity index (χ4n) is 3.11. The average molecular weight is 319 g/mol. The molecule has 4 heteroatoms. The highest BCUT2D eigenvalue weighted by Crippen LogP contribution is 2.20. The third-order valence-electron chi connectivity index (χ3n) is 4.55. The molecule has 0 radical (unpaired) electrons. The summed E-state index contributed by atoms with van der Waals surface area (Å²) in [7, 11) is 0. The maximum Gasteiger partial charge on any atom is 0.254 e. The molecule has 1 amide bonds. The quantitative estimate of drug-likeness (QED) is 0.877. The number of nitrogens with zero attached hydrogens (tertiary/aromatic N) is 1. The summed E-state index contributed by atoms with van der Waals surface area (Å²) in [6, 6.07) is 7.60. The lowest BCUT2D eigenvalue weighted by molar-refractivity contribution is 0.0599. The summed E-state index contributed by atoms with van der Waals surface area (Å²) in [5.41, 5.74) is 1.04. The number of hydrogen-bond donors (Lipinski definition) is 2. The number of likely N-dealkylation sites (tertiary alicyclic amines) is 1.